The lowest BCUT2D eigenvalue weighted by Gasteiger charge is -2.09. The monoisotopic (exact) mass is 348 g/mol. The molecule has 0 aliphatic rings. The van der Waals surface area contributed by atoms with Crippen molar-refractivity contribution in [2.75, 3.05) is 24.3 Å². The van der Waals surface area contributed by atoms with E-state index in [1.165, 1.54) is 12.7 Å². The fourth-order valence-corrected chi connectivity index (χ4v) is 2.47. The molecule has 6 heteroatoms. The molecular weight excluding hydrogens is 328 g/mol. The summed E-state index contributed by atoms with van der Waals surface area (Å²) in [7, 11) is 1.36. The molecule has 2 N–H and O–H groups in total. The Kier molecular flexibility index (Phi) is 5.77. The van der Waals surface area contributed by atoms with E-state index in [1.807, 2.05) is 30.3 Å². The van der Waals surface area contributed by atoms with Crippen LogP contribution < -0.4 is 10.6 Å². The van der Waals surface area contributed by atoms with Crippen molar-refractivity contribution in [1.29, 1.82) is 0 Å². The number of anilines is 3. The topological polar surface area (TPSA) is 76.1 Å². The smallest absolute Gasteiger partial charge is 0.337 e. The van der Waals surface area contributed by atoms with Gasteiger partial charge < -0.3 is 15.4 Å². The third-order valence-electron chi connectivity index (χ3n) is 3.76. The number of hydrogen-bond donors (Lipinski definition) is 2. The number of nitrogens with zero attached hydrogens (tertiary/aromatic N) is 2. The second-order valence-corrected chi connectivity index (χ2v) is 5.63. The SMILES string of the molecule is COC(=O)c1cccc(Nc2nccc(NCCc3ccccc3)n2)c1. The molecule has 3 rings (SSSR count). The van der Waals surface area contributed by atoms with Crippen LogP contribution in [0.3, 0.4) is 0 Å². The molecule has 3 aromatic rings. The van der Waals surface area contributed by atoms with Gasteiger partial charge in [0.25, 0.3) is 0 Å². The molecule has 0 aliphatic heterocycles. The van der Waals surface area contributed by atoms with Gasteiger partial charge in [0, 0.05) is 18.4 Å². The Hall–Kier alpha value is -3.41. The summed E-state index contributed by atoms with van der Waals surface area (Å²) >= 11 is 0. The Morgan fingerprint density at radius 2 is 1.92 bits per heavy atom. The zero-order valence-corrected chi connectivity index (χ0v) is 14.5. The normalized spacial score (nSPS) is 10.2. The van der Waals surface area contributed by atoms with Crippen LogP contribution in [0.1, 0.15) is 15.9 Å². The number of carbonyl (C=O) groups excluding carboxylic acids is 1. The average Bonchev–Trinajstić information content (AvgIpc) is 2.69. The number of hydrogen-bond acceptors (Lipinski definition) is 6. The predicted molar refractivity (Wildman–Crippen MR) is 102 cm³/mol. The fourth-order valence-electron chi connectivity index (χ4n) is 2.47. The molecule has 0 saturated carbocycles. The van der Waals surface area contributed by atoms with E-state index >= 15 is 0 Å². The zero-order chi connectivity index (χ0) is 18.2. The summed E-state index contributed by atoms with van der Waals surface area (Å²) in [6.07, 6.45) is 2.60. The van der Waals surface area contributed by atoms with Gasteiger partial charge in [-0.15, -0.1) is 0 Å². The molecule has 1 aromatic heterocycles. The first-order valence-electron chi connectivity index (χ1n) is 8.31. The van der Waals surface area contributed by atoms with Crippen LogP contribution in [-0.4, -0.2) is 29.6 Å². The van der Waals surface area contributed by atoms with Crippen molar-refractivity contribution in [1.82, 2.24) is 9.97 Å². The van der Waals surface area contributed by atoms with Crippen molar-refractivity contribution >= 4 is 23.4 Å². The van der Waals surface area contributed by atoms with Crippen molar-refractivity contribution in [3.63, 3.8) is 0 Å². The largest absolute Gasteiger partial charge is 0.465 e. The maximum absolute atomic E-state index is 11.6. The summed E-state index contributed by atoms with van der Waals surface area (Å²) < 4.78 is 4.73. The molecular formula is C20H20N4O2. The first-order chi connectivity index (χ1) is 12.7. The van der Waals surface area contributed by atoms with Crippen LogP contribution >= 0.6 is 0 Å². The number of ether oxygens (including phenoxy) is 1. The van der Waals surface area contributed by atoms with Crippen molar-refractivity contribution in [2.24, 2.45) is 0 Å². The lowest BCUT2D eigenvalue weighted by Crippen LogP contribution is -2.08. The van der Waals surface area contributed by atoms with E-state index in [0.29, 0.717) is 17.2 Å². The summed E-state index contributed by atoms with van der Waals surface area (Å²) in [6, 6.07) is 19.1. The second-order valence-electron chi connectivity index (χ2n) is 5.63. The van der Waals surface area contributed by atoms with Gasteiger partial charge in [0.05, 0.1) is 12.7 Å². The number of aromatic nitrogens is 2. The molecule has 2 aromatic carbocycles. The fraction of sp³-hybridized carbons (Fsp3) is 0.150. The van der Waals surface area contributed by atoms with Crippen LogP contribution in [0.15, 0.2) is 66.9 Å². The number of rotatable bonds is 7. The van der Waals surface area contributed by atoms with E-state index in [1.54, 1.807) is 24.4 Å². The van der Waals surface area contributed by atoms with E-state index in [2.05, 4.69) is 32.7 Å². The van der Waals surface area contributed by atoms with Crippen LogP contribution in [0.25, 0.3) is 0 Å². The van der Waals surface area contributed by atoms with Crippen molar-refractivity contribution < 1.29 is 9.53 Å². The van der Waals surface area contributed by atoms with Gasteiger partial charge in [-0.25, -0.2) is 9.78 Å². The highest BCUT2D eigenvalue weighted by atomic mass is 16.5. The summed E-state index contributed by atoms with van der Waals surface area (Å²) in [5, 5.41) is 6.39. The van der Waals surface area contributed by atoms with Crippen molar-refractivity contribution in [2.45, 2.75) is 6.42 Å². The third kappa shape index (κ3) is 4.80. The number of nitrogens with one attached hydrogen (secondary N) is 2. The van der Waals surface area contributed by atoms with E-state index in [9.17, 15) is 4.79 Å². The number of benzene rings is 2. The minimum absolute atomic E-state index is 0.383. The molecule has 0 unspecified atom stereocenters. The maximum Gasteiger partial charge on any atom is 0.337 e. The van der Waals surface area contributed by atoms with Crippen LogP contribution in [0.4, 0.5) is 17.5 Å². The second kappa shape index (κ2) is 8.62. The number of methoxy groups -OCH3 is 1. The minimum Gasteiger partial charge on any atom is -0.465 e. The molecule has 0 amide bonds. The summed E-state index contributed by atoms with van der Waals surface area (Å²) in [4.78, 5) is 20.3. The van der Waals surface area contributed by atoms with Crippen LogP contribution in [0.5, 0.6) is 0 Å². The molecule has 0 atom stereocenters. The molecule has 6 nitrogen and oxygen atoms in total. The van der Waals surface area contributed by atoms with Crippen LogP contribution in [-0.2, 0) is 11.2 Å². The van der Waals surface area contributed by atoms with Gasteiger partial charge in [0.2, 0.25) is 5.95 Å². The quantitative estimate of drug-likeness (QED) is 0.635. The van der Waals surface area contributed by atoms with Gasteiger partial charge in [0.1, 0.15) is 5.82 Å². The van der Waals surface area contributed by atoms with E-state index in [4.69, 9.17) is 4.74 Å². The van der Waals surface area contributed by atoms with Gasteiger partial charge in [-0.05, 0) is 36.2 Å². The lowest BCUT2D eigenvalue weighted by molar-refractivity contribution is 0.0601. The Morgan fingerprint density at radius 3 is 2.73 bits per heavy atom. The molecule has 0 aliphatic carbocycles. The van der Waals surface area contributed by atoms with Crippen molar-refractivity contribution in [3.05, 3.63) is 78.0 Å². The lowest BCUT2D eigenvalue weighted by atomic mass is 10.1. The van der Waals surface area contributed by atoms with Crippen LogP contribution in [0.2, 0.25) is 0 Å². The molecule has 0 saturated heterocycles. The maximum atomic E-state index is 11.6. The summed E-state index contributed by atoms with van der Waals surface area (Å²) in [6.45, 7) is 0.776. The van der Waals surface area contributed by atoms with Crippen LogP contribution in [0, 0.1) is 0 Å². The molecule has 1 heterocycles. The molecule has 0 fully saturated rings. The van der Waals surface area contributed by atoms with Gasteiger partial charge in [-0.3, -0.25) is 0 Å². The number of esters is 1. The molecule has 0 radical (unpaired) electrons. The first kappa shape index (κ1) is 17.4. The van der Waals surface area contributed by atoms with Gasteiger partial charge >= 0.3 is 5.97 Å². The highest BCUT2D eigenvalue weighted by Crippen LogP contribution is 2.16. The zero-order valence-electron chi connectivity index (χ0n) is 14.5. The van der Waals surface area contributed by atoms with E-state index in [0.717, 1.165) is 18.8 Å². The van der Waals surface area contributed by atoms with Crippen molar-refractivity contribution in [3.8, 4) is 0 Å². The first-order valence-corrected chi connectivity index (χ1v) is 8.31. The number of carbonyl (C=O) groups is 1. The predicted octanol–water partition coefficient (Wildman–Crippen LogP) is 3.66. The molecule has 0 spiro atoms. The van der Waals surface area contributed by atoms with Gasteiger partial charge in [-0.2, -0.15) is 4.98 Å². The Balaban J connectivity index is 1.61. The van der Waals surface area contributed by atoms with E-state index < -0.39 is 0 Å². The summed E-state index contributed by atoms with van der Waals surface area (Å²) in [5.74, 6) is 0.810. The van der Waals surface area contributed by atoms with Gasteiger partial charge in [-0.1, -0.05) is 36.4 Å². The molecule has 0 bridgehead atoms. The average molecular weight is 348 g/mol. The van der Waals surface area contributed by atoms with E-state index in [-0.39, 0.29) is 5.97 Å². The van der Waals surface area contributed by atoms with Gasteiger partial charge in [0.15, 0.2) is 0 Å². The Morgan fingerprint density at radius 1 is 1.08 bits per heavy atom. The summed E-state index contributed by atoms with van der Waals surface area (Å²) in [5.41, 5.74) is 2.45. The molecule has 132 valence electrons. The standard InChI is InChI=1S/C20H20N4O2/c1-26-19(25)16-8-5-9-17(14-16)23-20-22-13-11-18(24-20)21-12-10-15-6-3-2-4-7-15/h2-9,11,13-14H,10,12H2,1H3,(H2,21,22,23,24). The Labute approximate surface area is 152 Å². The minimum atomic E-state index is -0.383. The highest BCUT2D eigenvalue weighted by Gasteiger charge is 2.06. The Bertz CT molecular complexity index is 868. The molecule has 26 heavy (non-hydrogen) atoms. The third-order valence-corrected chi connectivity index (χ3v) is 3.76. The highest BCUT2D eigenvalue weighted by molar-refractivity contribution is 5.90.